The minimum absolute atomic E-state index is 0.558. The zero-order valence-corrected chi connectivity index (χ0v) is 9.28. The molecule has 2 N–H and O–H groups in total. The molecule has 3 saturated carbocycles. The van der Waals surface area contributed by atoms with E-state index in [1.165, 1.54) is 25.7 Å². The molecule has 0 atom stereocenters. The van der Waals surface area contributed by atoms with Gasteiger partial charge in [0.2, 0.25) is 0 Å². The van der Waals surface area contributed by atoms with Crippen LogP contribution in [0.4, 0.5) is 0 Å². The van der Waals surface area contributed by atoms with E-state index in [2.05, 4.69) is 6.92 Å². The standard InChI is InChI=1S/C13H23N/c1-8-2-9(3-8)10-4-11(5-10)12-6-13(14)7-12/h8-13H,2-7,14H2,1H3. The Labute approximate surface area is 87.4 Å². The van der Waals surface area contributed by atoms with Gasteiger partial charge in [0, 0.05) is 6.04 Å². The van der Waals surface area contributed by atoms with Gasteiger partial charge in [-0.25, -0.2) is 0 Å². The molecule has 0 saturated heterocycles. The van der Waals surface area contributed by atoms with E-state index >= 15 is 0 Å². The molecule has 3 rings (SSSR count). The van der Waals surface area contributed by atoms with E-state index in [1.807, 2.05) is 0 Å². The highest BCUT2D eigenvalue weighted by Gasteiger charge is 2.45. The molecular formula is C13H23N. The molecular weight excluding hydrogens is 170 g/mol. The van der Waals surface area contributed by atoms with E-state index in [1.54, 1.807) is 12.8 Å². The van der Waals surface area contributed by atoms with Crippen LogP contribution in [0.2, 0.25) is 0 Å². The molecule has 0 unspecified atom stereocenters. The molecule has 3 aliphatic rings. The van der Waals surface area contributed by atoms with Gasteiger partial charge < -0.3 is 5.73 Å². The smallest absolute Gasteiger partial charge is 0.00443 e. The lowest BCUT2D eigenvalue weighted by atomic mass is 9.54. The molecule has 0 heterocycles. The van der Waals surface area contributed by atoms with Crippen molar-refractivity contribution in [2.24, 2.45) is 35.3 Å². The summed E-state index contributed by atoms with van der Waals surface area (Å²) in [7, 11) is 0. The molecule has 3 aliphatic carbocycles. The van der Waals surface area contributed by atoms with Crippen LogP contribution in [0, 0.1) is 29.6 Å². The number of hydrogen-bond acceptors (Lipinski definition) is 1. The maximum absolute atomic E-state index is 5.84. The van der Waals surface area contributed by atoms with Gasteiger partial charge in [-0.15, -0.1) is 0 Å². The molecule has 1 nitrogen and oxygen atoms in total. The van der Waals surface area contributed by atoms with Crippen molar-refractivity contribution in [3.8, 4) is 0 Å². The van der Waals surface area contributed by atoms with E-state index in [9.17, 15) is 0 Å². The fourth-order valence-electron chi connectivity index (χ4n) is 3.92. The third-order valence-corrected chi connectivity index (χ3v) is 5.17. The average molecular weight is 193 g/mol. The van der Waals surface area contributed by atoms with Crippen molar-refractivity contribution in [1.82, 2.24) is 0 Å². The molecule has 0 aromatic rings. The number of rotatable bonds is 2. The van der Waals surface area contributed by atoms with Crippen LogP contribution in [0.1, 0.15) is 45.4 Å². The summed E-state index contributed by atoms with van der Waals surface area (Å²) in [6.07, 6.45) is 8.82. The first-order valence-corrected chi connectivity index (χ1v) is 6.48. The van der Waals surface area contributed by atoms with Gasteiger partial charge in [-0.1, -0.05) is 6.92 Å². The van der Waals surface area contributed by atoms with Crippen molar-refractivity contribution in [2.75, 3.05) is 0 Å². The van der Waals surface area contributed by atoms with Gasteiger partial charge >= 0.3 is 0 Å². The first kappa shape index (κ1) is 9.21. The molecule has 0 radical (unpaired) electrons. The predicted molar refractivity (Wildman–Crippen MR) is 58.8 cm³/mol. The van der Waals surface area contributed by atoms with Crippen LogP contribution < -0.4 is 5.73 Å². The lowest BCUT2D eigenvalue weighted by Crippen LogP contribution is -2.46. The summed E-state index contributed by atoms with van der Waals surface area (Å²) >= 11 is 0. The lowest BCUT2D eigenvalue weighted by molar-refractivity contribution is -0.00715. The Morgan fingerprint density at radius 2 is 1.14 bits per heavy atom. The first-order chi connectivity index (χ1) is 6.72. The Morgan fingerprint density at radius 1 is 0.714 bits per heavy atom. The summed E-state index contributed by atoms with van der Waals surface area (Å²) in [6.45, 7) is 2.40. The summed E-state index contributed by atoms with van der Waals surface area (Å²) in [5.74, 6) is 5.38. The normalized spacial score (nSPS) is 57.0. The van der Waals surface area contributed by atoms with Crippen LogP contribution in [0.5, 0.6) is 0 Å². The summed E-state index contributed by atoms with van der Waals surface area (Å²) in [4.78, 5) is 0. The van der Waals surface area contributed by atoms with E-state index in [4.69, 9.17) is 5.73 Å². The Balaban J connectivity index is 1.39. The van der Waals surface area contributed by atoms with Gasteiger partial charge in [0.25, 0.3) is 0 Å². The molecule has 3 fully saturated rings. The van der Waals surface area contributed by atoms with E-state index < -0.39 is 0 Å². The van der Waals surface area contributed by atoms with Gasteiger partial charge in [0.15, 0.2) is 0 Å². The van der Waals surface area contributed by atoms with Gasteiger partial charge in [-0.05, 0) is 68.1 Å². The molecule has 14 heavy (non-hydrogen) atoms. The molecule has 0 spiro atoms. The van der Waals surface area contributed by atoms with E-state index in [0.29, 0.717) is 6.04 Å². The van der Waals surface area contributed by atoms with E-state index in [0.717, 1.165) is 29.6 Å². The van der Waals surface area contributed by atoms with Crippen molar-refractivity contribution >= 4 is 0 Å². The molecule has 0 aromatic heterocycles. The van der Waals surface area contributed by atoms with Gasteiger partial charge in [-0.2, -0.15) is 0 Å². The predicted octanol–water partition coefficient (Wildman–Crippen LogP) is 2.80. The molecule has 0 aliphatic heterocycles. The number of hydrogen-bond donors (Lipinski definition) is 1. The lowest BCUT2D eigenvalue weighted by Gasteiger charge is -2.52. The van der Waals surface area contributed by atoms with Crippen LogP contribution in [0.3, 0.4) is 0 Å². The van der Waals surface area contributed by atoms with Crippen LogP contribution in [-0.4, -0.2) is 6.04 Å². The summed E-state index contributed by atoms with van der Waals surface area (Å²) in [6, 6.07) is 0.558. The third-order valence-electron chi connectivity index (χ3n) is 5.17. The Hall–Kier alpha value is -0.0400. The second-order valence-corrected chi connectivity index (χ2v) is 6.32. The monoisotopic (exact) mass is 193 g/mol. The van der Waals surface area contributed by atoms with Crippen molar-refractivity contribution < 1.29 is 0 Å². The fraction of sp³-hybridized carbons (Fsp3) is 1.00. The van der Waals surface area contributed by atoms with Crippen LogP contribution in [-0.2, 0) is 0 Å². The summed E-state index contributed by atoms with van der Waals surface area (Å²) in [5, 5.41) is 0. The fourth-order valence-corrected chi connectivity index (χ4v) is 3.92. The Kier molecular flexibility index (Phi) is 2.12. The molecule has 1 heteroatoms. The summed E-state index contributed by atoms with van der Waals surface area (Å²) < 4.78 is 0. The maximum atomic E-state index is 5.84. The highest BCUT2D eigenvalue weighted by molar-refractivity contribution is 4.96. The van der Waals surface area contributed by atoms with Crippen molar-refractivity contribution in [3.63, 3.8) is 0 Å². The minimum Gasteiger partial charge on any atom is -0.328 e. The van der Waals surface area contributed by atoms with Crippen molar-refractivity contribution in [3.05, 3.63) is 0 Å². The molecule has 80 valence electrons. The van der Waals surface area contributed by atoms with Crippen molar-refractivity contribution in [2.45, 2.75) is 51.5 Å². The zero-order valence-electron chi connectivity index (χ0n) is 9.28. The quantitative estimate of drug-likeness (QED) is 0.717. The largest absolute Gasteiger partial charge is 0.328 e. The maximum Gasteiger partial charge on any atom is 0.00443 e. The topological polar surface area (TPSA) is 26.0 Å². The number of nitrogens with two attached hydrogens (primary N) is 1. The van der Waals surface area contributed by atoms with Gasteiger partial charge in [0.1, 0.15) is 0 Å². The third kappa shape index (κ3) is 1.41. The molecule has 0 amide bonds. The highest BCUT2D eigenvalue weighted by Crippen LogP contribution is 2.53. The Bertz CT molecular complexity index is 185. The van der Waals surface area contributed by atoms with Crippen LogP contribution >= 0.6 is 0 Å². The van der Waals surface area contributed by atoms with Gasteiger partial charge in [-0.3, -0.25) is 0 Å². The SMILES string of the molecule is CC1CC(C2CC(C3CC(N)C3)C2)C1. The van der Waals surface area contributed by atoms with Gasteiger partial charge in [0.05, 0.1) is 0 Å². The minimum atomic E-state index is 0.558. The zero-order chi connectivity index (χ0) is 9.71. The van der Waals surface area contributed by atoms with Crippen molar-refractivity contribution in [1.29, 1.82) is 0 Å². The highest BCUT2D eigenvalue weighted by atomic mass is 14.7. The molecule has 0 aromatic carbocycles. The Morgan fingerprint density at radius 3 is 1.57 bits per heavy atom. The summed E-state index contributed by atoms with van der Waals surface area (Å²) in [5.41, 5.74) is 5.84. The first-order valence-electron chi connectivity index (χ1n) is 6.48. The second kappa shape index (κ2) is 3.23. The van der Waals surface area contributed by atoms with E-state index in [-0.39, 0.29) is 0 Å². The van der Waals surface area contributed by atoms with Crippen LogP contribution in [0.15, 0.2) is 0 Å². The average Bonchev–Trinajstić information content (AvgIpc) is 1.94. The van der Waals surface area contributed by atoms with Crippen LogP contribution in [0.25, 0.3) is 0 Å². The second-order valence-electron chi connectivity index (χ2n) is 6.32. The molecule has 0 bridgehead atoms.